The highest BCUT2D eigenvalue weighted by Gasteiger charge is 2.17. The van der Waals surface area contributed by atoms with Crippen molar-refractivity contribution in [2.75, 3.05) is 0 Å². The van der Waals surface area contributed by atoms with Crippen molar-refractivity contribution in [2.24, 2.45) is 5.10 Å². The fourth-order valence-electron chi connectivity index (χ4n) is 3.32. The number of carbonyl (C=O) groups is 1. The summed E-state index contributed by atoms with van der Waals surface area (Å²) in [7, 11) is 0. The Labute approximate surface area is 163 Å². The number of carbonyl (C=O) groups excluding carboxylic acids is 1. The molecule has 7 nitrogen and oxygen atoms in total. The van der Waals surface area contributed by atoms with Crippen molar-refractivity contribution in [3.05, 3.63) is 63.3 Å². The Balaban J connectivity index is 1.98. The molecule has 146 valence electrons. The van der Waals surface area contributed by atoms with Crippen molar-refractivity contribution in [2.45, 2.75) is 47.1 Å². The number of H-pyrrole nitrogens is 1. The minimum absolute atomic E-state index is 0.182. The van der Waals surface area contributed by atoms with Crippen molar-refractivity contribution in [1.82, 2.24) is 20.2 Å². The molecule has 3 rings (SSSR count). The van der Waals surface area contributed by atoms with Gasteiger partial charge in [0.2, 0.25) is 0 Å². The van der Waals surface area contributed by atoms with Crippen LogP contribution in [0.4, 0.5) is 0 Å². The number of hydrazone groups is 1. The third-order valence-electron chi connectivity index (χ3n) is 4.77. The van der Waals surface area contributed by atoms with Crippen LogP contribution < -0.4 is 11.0 Å². The lowest BCUT2D eigenvalue weighted by atomic mass is 10.1. The van der Waals surface area contributed by atoms with E-state index in [0.717, 1.165) is 29.7 Å². The van der Waals surface area contributed by atoms with E-state index >= 15 is 0 Å². The van der Waals surface area contributed by atoms with Gasteiger partial charge in [-0.1, -0.05) is 31.5 Å². The van der Waals surface area contributed by atoms with Gasteiger partial charge in [0.25, 0.3) is 11.5 Å². The standard InChI is InChI=1S/C21H25N5O2/c1-5-6-11-26-21(28)17-10-8-7-9-16(17)19(25-26)20(27)24-23-15(4)18-13(2)12-22-14(18)3/h7-10,12,22H,5-6,11H2,1-4H3,(H,24,27)/b23-15+. The van der Waals surface area contributed by atoms with Gasteiger partial charge in [-0.15, -0.1) is 0 Å². The molecule has 2 aromatic heterocycles. The zero-order valence-electron chi connectivity index (χ0n) is 16.7. The van der Waals surface area contributed by atoms with E-state index in [2.05, 4.69) is 20.6 Å². The number of nitrogens with one attached hydrogen (secondary N) is 2. The minimum Gasteiger partial charge on any atom is -0.364 e. The minimum atomic E-state index is -0.438. The summed E-state index contributed by atoms with van der Waals surface area (Å²) in [5.41, 5.74) is 6.34. The van der Waals surface area contributed by atoms with Crippen LogP contribution in [0.2, 0.25) is 0 Å². The van der Waals surface area contributed by atoms with E-state index in [1.807, 2.05) is 33.9 Å². The molecular formula is C21H25N5O2. The summed E-state index contributed by atoms with van der Waals surface area (Å²) in [6.45, 7) is 8.31. The molecule has 0 atom stereocenters. The van der Waals surface area contributed by atoms with Crippen LogP contribution in [0.5, 0.6) is 0 Å². The molecule has 1 amide bonds. The van der Waals surface area contributed by atoms with Crippen molar-refractivity contribution in [1.29, 1.82) is 0 Å². The van der Waals surface area contributed by atoms with Crippen LogP contribution in [0, 0.1) is 13.8 Å². The second-order valence-corrected chi connectivity index (χ2v) is 6.89. The molecule has 0 saturated heterocycles. The molecule has 1 aromatic carbocycles. The molecule has 0 aliphatic heterocycles. The van der Waals surface area contributed by atoms with E-state index in [4.69, 9.17) is 0 Å². The highest BCUT2D eigenvalue weighted by atomic mass is 16.2. The summed E-state index contributed by atoms with van der Waals surface area (Å²) in [6.07, 6.45) is 3.65. The second-order valence-electron chi connectivity index (χ2n) is 6.89. The number of hydrogen-bond acceptors (Lipinski definition) is 4. The average molecular weight is 379 g/mol. The summed E-state index contributed by atoms with van der Waals surface area (Å²) < 4.78 is 1.37. The molecule has 0 bridgehead atoms. The maximum atomic E-state index is 12.8. The Morgan fingerprint density at radius 1 is 1.25 bits per heavy atom. The van der Waals surface area contributed by atoms with Crippen LogP contribution in [-0.4, -0.2) is 26.4 Å². The number of fused-ring (bicyclic) bond motifs is 1. The van der Waals surface area contributed by atoms with Gasteiger partial charge in [0.1, 0.15) is 0 Å². The predicted octanol–water partition coefficient (Wildman–Crippen LogP) is 3.30. The zero-order chi connectivity index (χ0) is 20.3. The molecule has 7 heteroatoms. The average Bonchev–Trinajstić information content (AvgIpc) is 3.03. The van der Waals surface area contributed by atoms with Gasteiger partial charge in [-0.3, -0.25) is 9.59 Å². The first kappa shape index (κ1) is 19.5. The number of benzene rings is 1. The van der Waals surface area contributed by atoms with Gasteiger partial charge >= 0.3 is 0 Å². The number of hydrogen-bond donors (Lipinski definition) is 2. The van der Waals surface area contributed by atoms with Gasteiger partial charge in [-0.25, -0.2) is 10.1 Å². The molecule has 2 heterocycles. The molecule has 0 fully saturated rings. The van der Waals surface area contributed by atoms with Crippen LogP contribution in [0.3, 0.4) is 0 Å². The first-order chi connectivity index (χ1) is 13.4. The molecule has 28 heavy (non-hydrogen) atoms. The fourth-order valence-corrected chi connectivity index (χ4v) is 3.32. The van der Waals surface area contributed by atoms with E-state index in [1.165, 1.54) is 4.68 Å². The molecular weight excluding hydrogens is 354 g/mol. The van der Waals surface area contributed by atoms with E-state index in [0.29, 0.717) is 23.0 Å². The van der Waals surface area contributed by atoms with Gasteiger partial charge in [0.15, 0.2) is 5.69 Å². The van der Waals surface area contributed by atoms with Crippen molar-refractivity contribution >= 4 is 22.4 Å². The van der Waals surface area contributed by atoms with Crippen LogP contribution in [-0.2, 0) is 6.54 Å². The Kier molecular flexibility index (Phi) is 5.73. The highest BCUT2D eigenvalue weighted by Crippen LogP contribution is 2.15. The zero-order valence-corrected chi connectivity index (χ0v) is 16.7. The van der Waals surface area contributed by atoms with E-state index < -0.39 is 5.91 Å². The monoisotopic (exact) mass is 379 g/mol. The summed E-state index contributed by atoms with van der Waals surface area (Å²) in [5, 5.41) is 9.60. The number of aromatic nitrogens is 3. The van der Waals surface area contributed by atoms with Crippen LogP contribution >= 0.6 is 0 Å². The normalized spacial score (nSPS) is 11.8. The third-order valence-corrected chi connectivity index (χ3v) is 4.77. The Hall–Kier alpha value is -3.22. The number of nitrogens with zero attached hydrogens (tertiary/aromatic N) is 3. The van der Waals surface area contributed by atoms with Crippen LogP contribution in [0.1, 0.15) is 54.0 Å². The number of unbranched alkanes of at least 4 members (excludes halogenated alkanes) is 1. The second kappa shape index (κ2) is 8.21. The lowest BCUT2D eigenvalue weighted by molar-refractivity contribution is 0.0949. The first-order valence-corrected chi connectivity index (χ1v) is 9.43. The molecule has 3 aromatic rings. The molecule has 0 spiro atoms. The van der Waals surface area contributed by atoms with Gasteiger partial charge in [-0.2, -0.15) is 10.2 Å². The fraction of sp³-hybridized carbons (Fsp3) is 0.333. The third kappa shape index (κ3) is 3.74. The Morgan fingerprint density at radius 3 is 2.61 bits per heavy atom. The van der Waals surface area contributed by atoms with Crippen LogP contribution in [0.15, 0.2) is 40.4 Å². The predicted molar refractivity (Wildman–Crippen MR) is 111 cm³/mol. The first-order valence-electron chi connectivity index (χ1n) is 9.43. The number of rotatable bonds is 6. The van der Waals surface area contributed by atoms with Crippen LogP contribution in [0.25, 0.3) is 10.8 Å². The summed E-state index contributed by atoms with van der Waals surface area (Å²) >= 11 is 0. The van der Waals surface area contributed by atoms with Gasteiger partial charge in [0, 0.05) is 29.4 Å². The molecule has 0 saturated carbocycles. The van der Waals surface area contributed by atoms with Gasteiger partial charge < -0.3 is 4.98 Å². The van der Waals surface area contributed by atoms with E-state index in [-0.39, 0.29) is 11.3 Å². The van der Waals surface area contributed by atoms with Gasteiger partial charge in [-0.05, 0) is 38.8 Å². The van der Waals surface area contributed by atoms with Gasteiger partial charge in [0.05, 0.1) is 11.1 Å². The molecule has 2 N–H and O–H groups in total. The highest BCUT2D eigenvalue weighted by molar-refractivity contribution is 6.06. The summed E-state index contributed by atoms with van der Waals surface area (Å²) in [4.78, 5) is 28.6. The SMILES string of the molecule is CCCCn1nc(C(=O)N/N=C(\C)c2c(C)c[nH]c2C)c2ccccc2c1=O. The Bertz CT molecular complexity index is 1090. The number of aromatic amines is 1. The van der Waals surface area contributed by atoms with Crippen molar-refractivity contribution in [3.63, 3.8) is 0 Å². The smallest absolute Gasteiger partial charge is 0.292 e. The largest absolute Gasteiger partial charge is 0.364 e. The number of aryl methyl sites for hydroxylation is 3. The molecule has 0 aliphatic carbocycles. The summed E-state index contributed by atoms with van der Waals surface area (Å²) in [6, 6.07) is 7.03. The molecule has 0 radical (unpaired) electrons. The van der Waals surface area contributed by atoms with Crippen molar-refractivity contribution in [3.8, 4) is 0 Å². The topological polar surface area (TPSA) is 92.1 Å². The Morgan fingerprint density at radius 2 is 1.96 bits per heavy atom. The maximum Gasteiger partial charge on any atom is 0.292 e. The lowest BCUT2D eigenvalue weighted by Crippen LogP contribution is -2.29. The quantitative estimate of drug-likeness (QED) is 0.508. The summed E-state index contributed by atoms with van der Waals surface area (Å²) in [5.74, 6) is -0.438. The maximum absolute atomic E-state index is 12.8. The number of amides is 1. The molecule has 0 aliphatic rings. The molecule has 0 unspecified atom stereocenters. The van der Waals surface area contributed by atoms with E-state index in [9.17, 15) is 9.59 Å². The van der Waals surface area contributed by atoms with Crippen molar-refractivity contribution < 1.29 is 4.79 Å². The lowest BCUT2D eigenvalue weighted by Gasteiger charge is -2.10. The van der Waals surface area contributed by atoms with E-state index in [1.54, 1.807) is 24.3 Å².